The predicted octanol–water partition coefficient (Wildman–Crippen LogP) is 6.43. The number of ether oxygens (including phenoxy) is 3. The molecule has 1 aromatic heterocycles. The molecular formula is C29H33NO4. The summed E-state index contributed by atoms with van der Waals surface area (Å²) in [6.07, 6.45) is 0.750. The van der Waals surface area contributed by atoms with Gasteiger partial charge in [-0.05, 0) is 67.2 Å². The van der Waals surface area contributed by atoms with Crippen LogP contribution in [0.5, 0.6) is 17.2 Å². The Hall–Kier alpha value is -3.44. The van der Waals surface area contributed by atoms with Gasteiger partial charge in [-0.15, -0.1) is 0 Å². The zero-order chi connectivity index (χ0) is 23.9. The van der Waals surface area contributed by atoms with E-state index in [0.717, 1.165) is 71.2 Å². The average molecular weight is 460 g/mol. The fraction of sp³-hybridized carbons (Fsp3) is 0.310. The normalized spacial score (nSPS) is 11.2. The highest BCUT2D eigenvalue weighted by molar-refractivity contribution is 5.89. The SMILES string of the molecule is CCN(CC)CCOc1ccc(Cc2c(-c3ccc(OC)cc3)oc3cc(OC)ccc23)cc1. The third kappa shape index (κ3) is 5.37. The van der Waals surface area contributed by atoms with Crippen molar-refractivity contribution < 1.29 is 18.6 Å². The number of hydrogen-bond acceptors (Lipinski definition) is 5. The quantitative estimate of drug-likeness (QED) is 0.259. The number of methoxy groups -OCH3 is 2. The van der Waals surface area contributed by atoms with Crippen molar-refractivity contribution in [3.63, 3.8) is 0 Å². The van der Waals surface area contributed by atoms with Crippen molar-refractivity contribution in [3.8, 4) is 28.6 Å². The summed E-state index contributed by atoms with van der Waals surface area (Å²) >= 11 is 0. The third-order valence-electron chi connectivity index (χ3n) is 6.23. The molecule has 0 radical (unpaired) electrons. The Balaban J connectivity index is 1.59. The molecule has 178 valence electrons. The zero-order valence-electron chi connectivity index (χ0n) is 20.5. The molecule has 5 nitrogen and oxygen atoms in total. The minimum Gasteiger partial charge on any atom is -0.497 e. The Bertz CT molecular complexity index is 1190. The summed E-state index contributed by atoms with van der Waals surface area (Å²) in [7, 11) is 3.34. The second kappa shape index (κ2) is 11.1. The van der Waals surface area contributed by atoms with Crippen molar-refractivity contribution in [2.24, 2.45) is 0 Å². The summed E-state index contributed by atoms with van der Waals surface area (Å²) in [6, 6.07) is 22.3. The molecule has 0 aliphatic carbocycles. The van der Waals surface area contributed by atoms with Gasteiger partial charge in [-0.25, -0.2) is 0 Å². The molecule has 1 heterocycles. The first-order valence-corrected chi connectivity index (χ1v) is 11.8. The first-order valence-electron chi connectivity index (χ1n) is 11.8. The summed E-state index contributed by atoms with van der Waals surface area (Å²) in [6.45, 7) is 8.06. The molecule has 34 heavy (non-hydrogen) atoms. The highest BCUT2D eigenvalue weighted by atomic mass is 16.5. The fourth-order valence-corrected chi connectivity index (χ4v) is 4.15. The second-order valence-electron chi connectivity index (χ2n) is 8.20. The van der Waals surface area contributed by atoms with Crippen LogP contribution >= 0.6 is 0 Å². The molecule has 0 fully saturated rings. The van der Waals surface area contributed by atoms with E-state index in [2.05, 4.69) is 49.1 Å². The smallest absolute Gasteiger partial charge is 0.138 e. The standard InChI is InChI=1S/C29H33NO4/c1-5-30(6-2)17-18-33-24-11-7-21(8-12-24)19-27-26-16-15-25(32-4)20-28(26)34-29(27)22-9-13-23(31-3)14-10-22/h7-16,20H,5-6,17-19H2,1-4H3. The summed E-state index contributed by atoms with van der Waals surface area (Å²) < 4.78 is 23.0. The van der Waals surface area contributed by atoms with Crippen molar-refractivity contribution in [3.05, 3.63) is 77.9 Å². The van der Waals surface area contributed by atoms with E-state index < -0.39 is 0 Å². The lowest BCUT2D eigenvalue weighted by molar-refractivity contribution is 0.223. The molecular weight excluding hydrogens is 426 g/mol. The van der Waals surface area contributed by atoms with Gasteiger partial charge in [0.2, 0.25) is 0 Å². The van der Waals surface area contributed by atoms with E-state index in [1.807, 2.05) is 36.4 Å². The van der Waals surface area contributed by atoms with E-state index in [-0.39, 0.29) is 0 Å². The Morgan fingerprint density at radius 1 is 0.765 bits per heavy atom. The van der Waals surface area contributed by atoms with Crippen LogP contribution in [0.25, 0.3) is 22.3 Å². The van der Waals surface area contributed by atoms with Gasteiger partial charge in [-0.1, -0.05) is 26.0 Å². The predicted molar refractivity (Wildman–Crippen MR) is 137 cm³/mol. The van der Waals surface area contributed by atoms with Crippen molar-refractivity contribution in [2.75, 3.05) is 40.5 Å². The van der Waals surface area contributed by atoms with E-state index >= 15 is 0 Å². The minimum absolute atomic E-state index is 0.691. The van der Waals surface area contributed by atoms with Crippen LogP contribution in [-0.4, -0.2) is 45.4 Å². The maximum Gasteiger partial charge on any atom is 0.138 e. The Labute approximate surface area is 201 Å². The number of furan rings is 1. The molecule has 0 aliphatic rings. The van der Waals surface area contributed by atoms with Gasteiger partial charge >= 0.3 is 0 Å². The monoisotopic (exact) mass is 459 g/mol. The van der Waals surface area contributed by atoms with Crippen LogP contribution in [0, 0.1) is 0 Å². The van der Waals surface area contributed by atoms with Crippen LogP contribution in [-0.2, 0) is 6.42 Å². The molecule has 4 rings (SSSR count). The lowest BCUT2D eigenvalue weighted by Gasteiger charge is -2.18. The number of rotatable bonds is 11. The van der Waals surface area contributed by atoms with E-state index in [9.17, 15) is 0 Å². The van der Waals surface area contributed by atoms with Gasteiger partial charge in [-0.2, -0.15) is 0 Å². The van der Waals surface area contributed by atoms with Gasteiger partial charge in [0.05, 0.1) is 14.2 Å². The van der Waals surface area contributed by atoms with Crippen molar-refractivity contribution in [1.29, 1.82) is 0 Å². The highest BCUT2D eigenvalue weighted by Gasteiger charge is 2.17. The Kier molecular flexibility index (Phi) is 7.76. The molecule has 5 heteroatoms. The first kappa shape index (κ1) is 23.7. The molecule has 0 saturated carbocycles. The van der Waals surface area contributed by atoms with Gasteiger partial charge in [-0.3, -0.25) is 0 Å². The topological polar surface area (TPSA) is 44.1 Å². The van der Waals surface area contributed by atoms with E-state index in [4.69, 9.17) is 18.6 Å². The number of hydrogen-bond donors (Lipinski definition) is 0. The van der Waals surface area contributed by atoms with Crippen molar-refractivity contribution in [2.45, 2.75) is 20.3 Å². The zero-order valence-corrected chi connectivity index (χ0v) is 20.5. The van der Waals surface area contributed by atoms with E-state index in [0.29, 0.717) is 6.61 Å². The van der Waals surface area contributed by atoms with Gasteiger partial charge in [0.25, 0.3) is 0 Å². The van der Waals surface area contributed by atoms with Crippen molar-refractivity contribution in [1.82, 2.24) is 4.90 Å². The van der Waals surface area contributed by atoms with Gasteiger partial charge in [0.15, 0.2) is 0 Å². The molecule has 0 saturated heterocycles. The molecule has 3 aromatic carbocycles. The summed E-state index contributed by atoms with van der Waals surface area (Å²) in [5, 5.41) is 1.09. The Morgan fingerprint density at radius 3 is 2.06 bits per heavy atom. The second-order valence-corrected chi connectivity index (χ2v) is 8.20. The highest BCUT2D eigenvalue weighted by Crippen LogP contribution is 2.37. The van der Waals surface area contributed by atoms with Gasteiger partial charge in [0.1, 0.15) is 35.2 Å². The molecule has 0 unspecified atom stereocenters. The molecule has 4 aromatic rings. The van der Waals surface area contributed by atoms with Crippen LogP contribution in [0.3, 0.4) is 0 Å². The largest absolute Gasteiger partial charge is 0.497 e. The van der Waals surface area contributed by atoms with Crippen LogP contribution < -0.4 is 14.2 Å². The molecule has 0 amide bonds. The molecule has 0 aliphatic heterocycles. The maximum atomic E-state index is 6.34. The summed E-state index contributed by atoms with van der Waals surface area (Å²) in [5.74, 6) is 3.36. The van der Waals surface area contributed by atoms with Gasteiger partial charge < -0.3 is 23.5 Å². The van der Waals surface area contributed by atoms with Crippen LogP contribution in [0.4, 0.5) is 0 Å². The van der Waals surface area contributed by atoms with E-state index in [1.54, 1.807) is 14.2 Å². The maximum absolute atomic E-state index is 6.34. The molecule has 0 spiro atoms. The summed E-state index contributed by atoms with van der Waals surface area (Å²) in [5.41, 5.74) is 4.18. The van der Waals surface area contributed by atoms with Crippen LogP contribution in [0.2, 0.25) is 0 Å². The number of benzene rings is 3. The number of nitrogens with zero attached hydrogens (tertiary/aromatic N) is 1. The molecule has 0 atom stereocenters. The average Bonchev–Trinajstić information content (AvgIpc) is 3.25. The van der Waals surface area contributed by atoms with Gasteiger partial charge in [0, 0.05) is 35.5 Å². The third-order valence-corrected chi connectivity index (χ3v) is 6.23. The summed E-state index contributed by atoms with van der Waals surface area (Å²) in [4.78, 5) is 2.36. The van der Waals surface area contributed by atoms with E-state index in [1.165, 1.54) is 5.56 Å². The number of likely N-dealkylation sites (N-methyl/N-ethyl adjacent to an activating group) is 1. The number of fused-ring (bicyclic) bond motifs is 1. The molecule has 0 bridgehead atoms. The Morgan fingerprint density at radius 2 is 1.41 bits per heavy atom. The lowest BCUT2D eigenvalue weighted by Crippen LogP contribution is -2.27. The minimum atomic E-state index is 0.691. The lowest BCUT2D eigenvalue weighted by atomic mass is 9.98. The van der Waals surface area contributed by atoms with Crippen LogP contribution in [0.15, 0.2) is 71.1 Å². The first-order chi connectivity index (χ1) is 16.6. The van der Waals surface area contributed by atoms with Crippen LogP contribution in [0.1, 0.15) is 25.0 Å². The molecule has 0 N–H and O–H groups in total. The fourth-order valence-electron chi connectivity index (χ4n) is 4.15. The van der Waals surface area contributed by atoms with Crippen molar-refractivity contribution >= 4 is 11.0 Å².